The minimum absolute atomic E-state index is 0.120. The number of furan rings is 1. The molecule has 1 amide bonds. The summed E-state index contributed by atoms with van der Waals surface area (Å²) in [5.74, 6) is 0.760. The largest absolute Gasteiger partial charge is 0.487 e. The lowest BCUT2D eigenvalue weighted by Crippen LogP contribution is -2.19. The van der Waals surface area contributed by atoms with E-state index in [0.29, 0.717) is 34.1 Å². The number of anilines is 2. The highest BCUT2D eigenvalue weighted by Crippen LogP contribution is 2.28. The van der Waals surface area contributed by atoms with Gasteiger partial charge in [0.15, 0.2) is 11.4 Å². The third kappa shape index (κ3) is 7.13. The van der Waals surface area contributed by atoms with Crippen LogP contribution in [0.25, 0.3) is 11.0 Å². The van der Waals surface area contributed by atoms with E-state index < -0.39 is 10.1 Å². The van der Waals surface area contributed by atoms with Gasteiger partial charge in [0.25, 0.3) is 16.0 Å². The van der Waals surface area contributed by atoms with E-state index in [1.54, 1.807) is 37.6 Å². The highest BCUT2D eigenvalue weighted by molar-refractivity contribution is 7.85. The summed E-state index contributed by atoms with van der Waals surface area (Å²) < 4.78 is 37.2. The molecule has 0 aliphatic heterocycles. The molecule has 0 fully saturated rings. The molecule has 0 spiro atoms. The van der Waals surface area contributed by atoms with Gasteiger partial charge in [0.2, 0.25) is 0 Å². The highest BCUT2D eigenvalue weighted by Gasteiger charge is 2.14. The first-order chi connectivity index (χ1) is 16.1. The zero-order valence-electron chi connectivity index (χ0n) is 18.0. The molecule has 3 aromatic heterocycles. The highest BCUT2D eigenvalue weighted by atomic mass is 35.5. The Bertz CT molecular complexity index is 1380. The normalized spacial score (nSPS) is 10.8. The number of hydrogen-bond acceptors (Lipinski definition) is 9. The molecule has 0 saturated carbocycles. The van der Waals surface area contributed by atoms with Gasteiger partial charge < -0.3 is 19.8 Å². The SMILES string of the molecule is CNC(=O)c1cc(OCc2nnc(Nc3ccc(Cl)cc3)c3ccoc23)ccn1.CS(=O)(=O)O. The van der Waals surface area contributed by atoms with Gasteiger partial charge in [0.05, 0.1) is 17.9 Å². The predicted molar refractivity (Wildman–Crippen MR) is 126 cm³/mol. The smallest absolute Gasteiger partial charge is 0.269 e. The first kappa shape index (κ1) is 24.9. The summed E-state index contributed by atoms with van der Waals surface area (Å²) in [5, 5.41) is 15.6. The molecule has 178 valence electrons. The van der Waals surface area contributed by atoms with Crippen LogP contribution in [0.15, 0.2) is 59.3 Å². The maximum Gasteiger partial charge on any atom is 0.269 e. The molecule has 0 bridgehead atoms. The second-order valence-electron chi connectivity index (χ2n) is 6.77. The summed E-state index contributed by atoms with van der Waals surface area (Å²) in [4.78, 5) is 15.7. The molecule has 0 saturated heterocycles. The quantitative estimate of drug-likeness (QED) is 0.331. The summed E-state index contributed by atoms with van der Waals surface area (Å²) in [7, 11) is -2.12. The number of carbonyl (C=O) groups is 1. The molecule has 13 heteroatoms. The fourth-order valence-corrected chi connectivity index (χ4v) is 2.82. The van der Waals surface area contributed by atoms with Crippen molar-refractivity contribution in [2.75, 3.05) is 18.6 Å². The van der Waals surface area contributed by atoms with Gasteiger partial charge in [0.1, 0.15) is 23.7 Å². The lowest BCUT2D eigenvalue weighted by molar-refractivity contribution is 0.0957. The third-order valence-corrected chi connectivity index (χ3v) is 4.38. The Labute approximate surface area is 199 Å². The van der Waals surface area contributed by atoms with Crippen LogP contribution < -0.4 is 15.4 Å². The molecule has 3 N–H and O–H groups in total. The number of nitrogens with one attached hydrogen (secondary N) is 2. The van der Waals surface area contributed by atoms with Crippen molar-refractivity contribution in [3.8, 4) is 5.75 Å². The van der Waals surface area contributed by atoms with Crippen molar-refractivity contribution in [3.63, 3.8) is 0 Å². The van der Waals surface area contributed by atoms with Crippen LogP contribution in [-0.4, -0.2) is 47.4 Å². The Morgan fingerprint density at radius 3 is 2.56 bits per heavy atom. The Hall–Kier alpha value is -3.74. The van der Waals surface area contributed by atoms with Crippen molar-refractivity contribution in [2.45, 2.75) is 6.61 Å². The van der Waals surface area contributed by atoms with E-state index in [4.69, 9.17) is 25.3 Å². The maximum absolute atomic E-state index is 11.7. The van der Waals surface area contributed by atoms with Gasteiger partial charge in [-0.25, -0.2) is 0 Å². The molecule has 0 unspecified atom stereocenters. The average Bonchev–Trinajstić information content (AvgIpc) is 3.29. The molecular formula is C21H20ClN5O6S. The van der Waals surface area contributed by atoms with Gasteiger partial charge in [-0.3, -0.25) is 14.3 Å². The summed E-state index contributed by atoms with van der Waals surface area (Å²) in [6.07, 6.45) is 3.79. The van der Waals surface area contributed by atoms with Crippen LogP contribution >= 0.6 is 11.6 Å². The molecule has 0 aliphatic carbocycles. The maximum atomic E-state index is 11.7. The van der Waals surface area contributed by atoms with Crippen molar-refractivity contribution in [1.29, 1.82) is 0 Å². The molecule has 0 atom stereocenters. The van der Waals surface area contributed by atoms with Crippen molar-refractivity contribution >= 4 is 50.1 Å². The zero-order valence-corrected chi connectivity index (χ0v) is 19.6. The number of ether oxygens (including phenoxy) is 1. The fourth-order valence-electron chi connectivity index (χ4n) is 2.69. The number of benzene rings is 1. The summed E-state index contributed by atoms with van der Waals surface area (Å²) in [5.41, 5.74) is 2.19. The van der Waals surface area contributed by atoms with Crippen LogP contribution in [0.1, 0.15) is 16.2 Å². The van der Waals surface area contributed by atoms with Gasteiger partial charge in [-0.15, -0.1) is 10.2 Å². The number of carbonyl (C=O) groups excluding carboxylic acids is 1. The van der Waals surface area contributed by atoms with E-state index in [1.165, 1.54) is 6.20 Å². The molecule has 0 aliphatic rings. The van der Waals surface area contributed by atoms with Crippen LogP contribution in [-0.2, 0) is 16.7 Å². The van der Waals surface area contributed by atoms with Crippen molar-refractivity contribution in [1.82, 2.24) is 20.5 Å². The van der Waals surface area contributed by atoms with E-state index in [0.717, 1.165) is 11.1 Å². The lowest BCUT2D eigenvalue weighted by Gasteiger charge is -2.09. The topological polar surface area (TPSA) is 157 Å². The number of aromatic nitrogens is 3. The predicted octanol–water partition coefficient (Wildman–Crippen LogP) is 3.46. The van der Waals surface area contributed by atoms with E-state index >= 15 is 0 Å². The van der Waals surface area contributed by atoms with E-state index in [-0.39, 0.29) is 18.2 Å². The minimum atomic E-state index is -3.67. The fraction of sp³-hybridized carbons (Fsp3) is 0.143. The molecular weight excluding hydrogens is 486 g/mol. The number of nitrogens with zero attached hydrogens (tertiary/aromatic N) is 3. The number of halogens is 1. The molecule has 4 aromatic rings. The summed E-state index contributed by atoms with van der Waals surface area (Å²) in [6.45, 7) is 0.120. The second-order valence-corrected chi connectivity index (χ2v) is 8.67. The summed E-state index contributed by atoms with van der Waals surface area (Å²) in [6, 6.07) is 12.3. The number of rotatable bonds is 6. The first-order valence-electron chi connectivity index (χ1n) is 9.63. The zero-order chi connectivity index (χ0) is 24.7. The standard InChI is InChI=1S/C20H16ClN5O3.CH4O3S/c1-22-20(27)16-10-14(6-8-23-16)29-11-17-18-15(7-9-28-18)19(26-25-17)24-13-4-2-12(21)3-5-13;1-5(2,3)4/h2-10H,11H2,1H3,(H,22,27)(H,24,26);1H3,(H,2,3,4). The first-order valence-corrected chi connectivity index (χ1v) is 11.9. The van der Waals surface area contributed by atoms with Crippen LogP contribution in [0, 0.1) is 0 Å². The number of amides is 1. The lowest BCUT2D eigenvalue weighted by atomic mass is 10.2. The Kier molecular flexibility index (Phi) is 7.99. The number of hydrogen-bond donors (Lipinski definition) is 3. The molecule has 0 radical (unpaired) electrons. The van der Waals surface area contributed by atoms with Gasteiger partial charge >= 0.3 is 0 Å². The van der Waals surface area contributed by atoms with Gasteiger partial charge in [-0.05, 0) is 36.4 Å². The molecule has 1 aromatic carbocycles. The van der Waals surface area contributed by atoms with Gasteiger partial charge in [-0.1, -0.05) is 11.6 Å². The van der Waals surface area contributed by atoms with Crippen LogP contribution in [0.2, 0.25) is 5.02 Å². The minimum Gasteiger partial charge on any atom is -0.487 e. The van der Waals surface area contributed by atoms with E-state index in [2.05, 4.69) is 25.8 Å². The van der Waals surface area contributed by atoms with Gasteiger partial charge in [0, 0.05) is 30.0 Å². The van der Waals surface area contributed by atoms with Crippen LogP contribution in [0.5, 0.6) is 5.75 Å². The van der Waals surface area contributed by atoms with Crippen molar-refractivity contribution in [2.24, 2.45) is 0 Å². The van der Waals surface area contributed by atoms with Crippen molar-refractivity contribution < 1.29 is 26.9 Å². The van der Waals surface area contributed by atoms with Crippen LogP contribution in [0.3, 0.4) is 0 Å². The molecule has 34 heavy (non-hydrogen) atoms. The molecule has 11 nitrogen and oxygen atoms in total. The van der Waals surface area contributed by atoms with Crippen molar-refractivity contribution in [3.05, 3.63) is 71.3 Å². The van der Waals surface area contributed by atoms with Gasteiger partial charge in [-0.2, -0.15) is 8.42 Å². The Balaban J connectivity index is 0.000000588. The molecule has 4 rings (SSSR count). The Morgan fingerprint density at radius 1 is 1.18 bits per heavy atom. The monoisotopic (exact) mass is 505 g/mol. The average molecular weight is 506 g/mol. The number of pyridine rings is 1. The second kappa shape index (κ2) is 10.9. The van der Waals surface area contributed by atoms with E-state index in [9.17, 15) is 13.2 Å². The number of fused-ring (bicyclic) bond motifs is 1. The molecule has 3 heterocycles. The third-order valence-electron chi connectivity index (χ3n) is 4.13. The summed E-state index contributed by atoms with van der Waals surface area (Å²) >= 11 is 5.92. The van der Waals surface area contributed by atoms with E-state index in [1.807, 2.05) is 18.2 Å². The van der Waals surface area contributed by atoms with Crippen LogP contribution in [0.4, 0.5) is 11.5 Å². The Morgan fingerprint density at radius 2 is 1.88 bits per heavy atom.